The van der Waals surface area contributed by atoms with Gasteiger partial charge in [0.2, 0.25) is 5.91 Å². The molecule has 2 rings (SSSR count). The van der Waals surface area contributed by atoms with Gasteiger partial charge in [-0.15, -0.1) is 10.2 Å². The summed E-state index contributed by atoms with van der Waals surface area (Å²) in [5.41, 5.74) is 0.365. The quantitative estimate of drug-likeness (QED) is 0.766. The van der Waals surface area contributed by atoms with Crippen LogP contribution in [0.3, 0.4) is 0 Å². The number of hydrogen-bond donors (Lipinski definition) is 2. The van der Waals surface area contributed by atoms with Crippen LogP contribution in [0.25, 0.3) is 0 Å². The first-order chi connectivity index (χ1) is 10.9. The molecule has 0 bridgehead atoms. The van der Waals surface area contributed by atoms with E-state index in [9.17, 15) is 14.0 Å². The Kier molecular flexibility index (Phi) is 5.56. The number of nitrogens with zero attached hydrogens (tertiary/aromatic N) is 3. The number of rotatable bonds is 6. The number of anilines is 1. The largest absolute Gasteiger partial charge is 0.481 e. The molecule has 0 aliphatic heterocycles. The first-order valence-electron chi connectivity index (χ1n) is 6.34. The van der Waals surface area contributed by atoms with Crippen LogP contribution >= 0.6 is 23.4 Å². The molecule has 1 amide bonds. The molecule has 7 nitrogen and oxygen atoms in total. The summed E-state index contributed by atoms with van der Waals surface area (Å²) in [5, 5.41) is 19.2. The second kappa shape index (κ2) is 7.42. The number of carbonyl (C=O) groups excluding carboxylic acids is 1. The van der Waals surface area contributed by atoms with E-state index in [1.807, 2.05) is 0 Å². The van der Waals surface area contributed by atoms with E-state index in [2.05, 4.69) is 15.5 Å². The van der Waals surface area contributed by atoms with Crippen molar-refractivity contribution in [2.24, 2.45) is 7.05 Å². The normalized spacial score (nSPS) is 10.6. The van der Waals surface area contributed by atoms with Crippen LogP contribution in [0.5, 0.6) is 0 Å². The lowest BCUT2D eigenvalue weighted by Gasteiger charge is -2.06. The lowest BCUT2D eigenvalue weighted by Crippen LogP contribution is -2.17. The molecule has 2 aromatic rings. The van der Waals surface area contributed by atoms with Crippen molar-refractivity contribution in [1.82, 2.24) is 14.8 Å². The second-order valence-electron chi connectivity index (χ2n) is 4.49. The van der Waals surface area contributed by atoms with Crippen molar-refractivity contribution in [1.29, 1.82) is 0 Å². The fourth-order valence-electron chi connectivity index (χ4n) is 1.67. The summed E-state index contributed by atoms with van der Waals surface area (Å²) in [6, 6.07) is 3.85. The van der Waals surface area contributed by atoms with Gasteiger partial charge < -0.3 is 15.0 Å². The molecule has 0 atom stereocenters. The van der Waals surface area contributed by atoms with Crippen molar-refractivity contribution in [2.75, 3.05) is 11.1 Å². The molecule has 1 aromatic carbocycles. The Hall–Kier alpha value is -2.13. The zero-order valence-electron chi connectivity index (χ0n) is 11.9. The number of hydrogen-bond acceptors (Lipinski definition) is 5. The molecule has 23 heavy (non-hydrogen) atoms. The minimum Gasteiger partial charge on any atom is -0.481 e. The molecule has 122 valence electrons. The van der Waals surface area contributed by atoms with E-state index in [0.29, 0.717) is 16.7 Å². The molecular formula is C13H12ClFN4O3S. The molecule has 10 heteroatoms. The molecule has 0 fully saturated rings. The molecule has 0 saturated heterocycles. The first kappa shape index (κ1) is 17.2. The van der Waals surface area contributed by atoms with E-state index in [-0.39, 0.29) is 23.1 Å². The number of carboxylic acid groups (broad SMARTS) is 1. The smallest absolute Gasteiger partial charge is 0.313 e. The van der Waals surface area contributed by atoms with Crippen molar-refractivity contribution >= 4 is 40.9 Å². The number of aromatic nitrogens is 3. The highest BCUT2D eigenvalue weighted by molar-refractivity contribution is 7.99. The average Bonchev–Trinajstić information content (AvgIpc) is 2.81. The van der Waals surface area contributed by atoms with Crippen LogP contribution in [-0.4, -0.2) is 37.5 Å². The molecule has 0 unspecified atom stereocenters. The van der Waals surface area contributed by atoms with Crippen LogP contribution in [0.1, 0.15) is 5.82 Å². The molecule has 0 radical (unpaired) electrons. The third kappa shape index (κ3) is 4.67. The monoisotopic (exact) mass is 358 g/mol. The minimum atomic E-state index is -0.967. The predicted molar refractivity (Wildman–Crippen MR) is 83.1 cm³/mol. The van der Waals surface area contributed by atoms with Crippen LogP contribution in [0, 0.1) is 5.82 Å². The van der Waals surface area contributed by atoms with Gasteiger partial charge in [-0.25, -0.2) is 4.39 Å². The van der Waals surface area contributed by atoms with Gasteiger partial charge in [-0.3, -0.25) is 9.59 Å². The highest BCUT2D eigenvalue weighted by Crippen LogP contribution is 2.20. The Morgan fingerprint density at radius 2 is 2.17 bits per heavy atom. The van der Waals surface area contributed by atoms with Gasteiger partial charge in [0.25, 0.3) is 0 Å². The number of aliphatic carboxylic acids is 1. The van der Waals surface area contributed by atoms with E-state index in [1.54, 1.807) is 11.6 Å². The number of halogens is 2. The van der Waals surface area contributed by atoms with Crippen molar-refractivity contribution in [3.63, 3.8) is 0 Å². The van der Waals surface area contributed by atoms with E-state index >= 15 is 0 Å². The Labute approximate surface area is 139 Å². The highest BCUT2D eigenvalue weighted by Gasteiger charge is 2.14. The zero-order valence-corrected chi connectivity index (χ0v) is 13.5. The number of thioether (sulfide) groups is 1. The van der Waals surface area contributed by atoms with Gasteiger partial charge in [0.15, 0.2) is 5.16 Å². The van der Waals surface area contributed by atoms with Gasteiger partial charge in [-0.05, 0) is 18.2 Å². The van der Waals surface area contributed by atoms with E-state index < -0.39 is 11.8 Å². The number of carboxylic acids is 1. The zero-order chi connectivity index (χ0) is 17.0. The molecule has 1 heterocycles. The lowest BCUT2D eigenvalue weighted by atomic mass is 10.3. The van der Waals surface area contributed by atoms with Crippen molar-refractivity contribution in [3.05, 3.63) is 34.9 Å². The maximum atomic E-state index is 13.1. The van der Waals surface area contributed by atoms with Gasteiger partial charge in [0, 0.05) is 12.7 Å². The Morgan fingerprint density at radius 1 is 1.43 bits per heavy atom. The summed E-state index contributed by atoms with van der Waals surface area (Å²) in [6.07, 6.45) is -0.0634. The van der Waals surface area contributed by atoms with Gasteiger partial charge in [-0.2, -0.15) is 0 Å². The van der Waals surface area contributed by atoms with E-state index in [1.165, 1.54) is 12.1 Å². The first-order valence-corrected chi connectivity index (χ1v) is 7.71. The van der Waals surface area contributed by atoms with Gasteiger partial charge >= 0.3 is 5.97 Å². The summed E-state index contributed by atoms with van der Waals surface area (Å²) in [4.78, 5) is 22.5. The Bertz CT molecular complexity index is 753. The van der Waals surface area contributed by atoms with Gasteiger partial charge in [0.1, 0.15) is 11.6 Å². The fourth-order valence-corrected chi connectivity index (χ4v) is 2.50. The molecule has 2 N–H and O–H groups in total. The van der Waals surface area contributed by atoms with Gasteiger partial charge in [0.05, 0.1) is 17.2 Å². The number of amides is 1. The maximum absolute atomic E-state index is 13.1. The summed E-state index contributed by atoms with van der Waals surface area (Å²) < 4.78 is 14.6. The summed E-state index contributed by atoms with van der Waals surface area (Å²) >= 11 is 6.65. The minimum absolute atomic E-state index is 0.0634. The number of carbonyl (C=O) groups is 2. The molecule has 0 saturated carbocycles. The maximum Gasteiger partial charge on any atom is 0.313 e. The second-order valence-corrected chi connectivity index (χ2v) is 5.84. The van der Waals surface area contributed by atoms with Crippen LogP contribution in [0.15, 0.2) is 23.4 Å². The van der Waals surface area contributed by atoms with E-state index in [0.717, 1.165) is 17.8 Å². The third-order valence-corrected chi connectivity index (χ3v) is 4.07. The number of nitrogens with one attached hydrogen (secondary N) is 1. The average molecular weight is 359 g/mol. The van der Waals surface area contributed by atoms with E-state index in [4.69, 9.17) is 16.7 Å². The number of benzene rings is 1. The van der Waals surface area contributed by atoms with Crippen LogP contribution in [-0.2, 0) is 23.1 Å². The Balaban J connectivity index is 2.00. The van der Waals surface area contributed by atoms with Crippen molar-refractivity contribution in [3.8, 4) is 0 Å². The molecule has 0 aliphatic rings. The van der Waals surface area contributed by atoms with Crippen molar-refractivity contribution in [2.45, 2.75) is 11.6 Å². The van der Waals surface area contributed by atoms with Crippen LogP contribution in [0.4, 0.5) is 10.1 Å². The van der Waals surface area contributed by atoms with Crippen LogP contribution < -0.4 is 5.32 Å². The highest BCUT2D eigenvalue weighted by atomic mass is 35.5. The molecule has 0 aliphatic carbocycles. The lowest BCUT2D eigenvalue weighted by molar-refractivity contribution is -0.133. The van der Waals surface area contributed by atoms with Gasteiger partial charge in [-0.1, -0.05) is 23.4 Å². The molecule has 1 aromatic heterocycles. The topological polar surface area (TPSA) is 97.1 Å². The predicted octanol–water partition coefficient (Wildman–Crippen LogP) is 1.97. The summed E-state index contributed by atoms with van der Waals surface area (Å²) in [5.74, 6) is -1.68. The third-order valence-electron chi connectivity index (χ3n) is 2.77. The Morgan fingerprint density at radius 3 is 2.83 bits per heavy atom. The van der Waals surface area contributed by atoms with Crippen molar-refractivity contribution < 1.29 is 19.1 Å². The summed E-state index contributed by atoms with van der Waals surface area (Å²) in [7, 11) is 1.64. The standard InChI is InChI=1S/C13H12ClFN4O3S/c1-19-10(17-18-13(19)23-6-12(21)22)5-11(20)16-7-2-3-9(15)8(14)4-7/h2-4H,5-6H2,1H3,(H,16,20)(H,21,22). The molecule has 0 spiro atoms. The fraction of sp³-hybridized carbons (Fsp3) is 0.231. The SMILES string of the molecule is Cn1c(CC(=O)Nc2ccc(F)c(Cl)c2)nnc1SCC(=O)O. The van der Waals surface area contributed by atoms with Crippen LogP contribution in [0.2, 0.25) is 5.02 Å². The summed E-state index contributed by atoms with van der Waals surface area (Å²) in [6.45, 7) is 0. The molecular weight excluding hydrogens is 347 g/mol.